The van der Waals surface area contributed by atoms with Gasteiger partial charge in [0.05, 0.1) is 25.2 Å². The highest BCUT2D eigenvalue weighted by atomic mass is 16.5. The van der Waals surface area contributed by atoms with Crippen LogP contribution in [0, 0.1) is 23.2 Å². The summed E-state index contributed by atoms with van der Waals surface area (Å²) in [4.78, 5) is 29.7. The molecule has 0 aromatic carbocycles. The summed E-state index contributed by atoms with van der Waals surface area (Å²) in [5.41, 5.74) is 0. The molecule has 7 nitrogen and oxygen atoms in total. The first-order chi connectivity index (χ1) is 16.1. The van der Waals surface area contributed by atoms with Gasteiger partial charge in [0.15, 0.2) is 0 Å². The van der Waals surface area contributed by atoms with Crippen LogP contribution in [0.25, 0.3) is 0 Å². The molecule has 7 heteroatoms. The van der Waals surface area contributed by atoms with Gasteiger partial charge in [0.2, 0.25) is 11.8 Å². The lowest BCUT2D eigenvalue weighted by atomic mass is 9.78. The van der Waals surface area contributed by atoms with Gasteiger partial charge in [-0.25, -0.2) is 0 Å². The minimum Gasteiger partial charge on any atom is -0.378 e. The van der Waals surface area contributed by atoms with E-state index in [-0.39, 0.29) is 36.6 Å². The Kier molecular flexibility index (Phi) is 10.9. The second kappa shape index (κ2) is 13.9. The van der Waals surface area contributed by atoms with E-state index in [1.165, 1.54) is 51.4 Å². The standard InChI is InChI=1S/C26H44N4O3/c1-2-29(23-11-7-4-8-12-23)20-22(19-27)26(21-9-5-3-6-10-21)28-24(31)13-14-25(32)30-15-17-33-18-16-30/h21-23,26H,2-18,20H2,1H3,(H,28,31). The Morgan fingerprint density at radius 3 is 2.27 bits per heavy atom. The van der Waals surface area contributed by atoms with Crippen molar-refractivity contribution < 1.29 is 14.3 Å². The molecule has 2 saturated carbocycles. The Bertz CT molecular complexity index is 646. The van der Waals surface area contributed by atoms with Gasteiger partial charge in [0, 0.05) is 44.6 Å². The zero-order chi connectivity index (χ0) is 23.5. The van der Waals surface area contributed by atoms with E-state index < -0.39 is 0 Å². The van der Waals surface area contributed by atoms with Gasteiger partial charge in [-0.1, -0.05) is 45.4 Å². The van der Waals surface area contributed by atoms with Crippen molar-refractivity contribution in [3.05, 3.63) is 0 Å². The molecule has 33 heavy (non-hydrogen) atoms. The summed E-state index contributed by atoms with van der Waals surface area (Å²) >= 11 is 0. The third-order valence-corrected chi connectivity index (χ3v) is 7.94. The monoisotopic (exact) mass is 460 g/mol. The van der Waals surface area contributed by atoms with Gasteiger partial charge < -0.3 is 15.0 Å². The second-order valence-corrected chi connectivity index (χ2v) is 10.1. The van der Waals surface area contributed by atoms with E-state index in [4.69, 9.17) is 4.74 Å². The number of nitrogens with one attached hydrogen (secondary N) is 1. The molecule has 1 N–H and O–H groups in total. The molecule has 2 atom stereocenters. The number of morpholine rings is 1. The largest absolute Gasteiger partial charge is 0.378 e. The molecular formula is C26H44N4O3. The van der Waals surface area contributed by atoms with Gasteiger partial charge in [-0.15, -0.1) is 0 Å². The zero-order valence-electron chi connectivity index (χ0n) is 20.6. The maximum Gasteiger partial charge on any atom is 0.223 e. The molecular weight excluding hydrogens is 416 g/mol. The van der Waals surface area contributed by atoms with Crippen LogP contribution in [0.15, 0.2) is 0 Å². The Balaban J connectivity index is 1.60. The number of rotatable bonds is 10. The summed E-state index contributed by atoms with van der Waals surface area (Å²) in [5, 5.41) is 13.4. The number of ether oxygens (including phenoxy) is 1. The number of nitriles is 1. The predicted octanol–water partition coefficient (Wildman–Crippen LogP) is 3.48. The number of hydrogen-bond acceptors (Lipinski definition) is 5. The van der Waals surface area contributed by atoms with E-state index >= 15 is 0 Å². The Morgan fingerprint density at radius 2 is 1.67 bits per heavy atom. The van der Waals surface area contributed by atoms with Crippen LogP contribution in [-0.4, -0.2) is 73.1 Å². The van der Waals surface area contributed by atoms with Gasteiger partial charge in [0.25, 0.3) is 0 Å². The molecule has 0 aromatic rings. The van der Waals surface area contributed by atoms with Crippen molar-refractivity contribution in [3.8, 4) is 6.07 Å². The summed E-state index contributed by atoms with van der Waals surface area (Å²) in [7, 11) is 0. The molecule has 3 aliphatic rings. The Morgan fingerprint density at radius 1 is 1.03 bits per heavy atom. The van der Waals surface area contributed by atoms with Crippen LogP contribution >= 0.6 is 0 Å². The van der Waals surface area contributed by atoms with Crippen molar-refractivity contribution in [2.24, 2.45) is 11.8 Å². The summed E-state index contributed by atoms with van der Waals surface area (Å²) in [6.45, 7) is 6.22. The predicted molar refractivity (Wildman–Crippen MR) is 128 cm³/mol. The van der Waals surface area contributed by atoms with E-state index in [1.54, 1.807) is 4.90 Å². The zero-order valence-corrected chi connectivity index (χ0v) is 20.6. The highest BCUT2D eigenvalue weighted by Gasteiger charge is 2.34. The minimum atomic E-state index is -0.214. The highest BCUT2D eigenvalue weighted by Crippen LogP contribution is 2.31. The lowest BCUT2D eigenvalue weighted by Gasteiger charge is -2.39. The fourth-order valence-electron chi connectivity index (χ4n) is 5.96. The number of amides is 2. The Labute approximate surface area is 200 Å². The van der Waals surface area contributed by atoms with E-state index in [0.717, 1.165) is 25.9 Å². The number of carbonyl (C=O) groups is 2. The lowest BCUT2D eigenvalue weighted by Crippen LogP contribution is -2.51. The maximum atomic E-state index is 12.9. The van der Waals surface area contributed by atoms with Crippen LogP contribution < -0.4 is 5.32 Å². The SMILES string of the molecule is CCN(CC(C#N)C(NC(=O)CCC(=O)N1CCOCC1)C1CCCCC1)C1CCCCC1. The number of carbonyl (C=O) groups excluding carboxylic acids is 2. The third-order valence-electron chi connectivity index (χ3n) is 7.94. The molecule has 186 valence electrons. The third kappa shape index (κ3) is 7.96. The maximum absolute atomic E-state index is 12.9. The van der Waals surface area contributed by atoms with Crippen LogP contribution in [-0.2, 0) is 14.3 Å². The normalized spacial score (nSPS) is 22.5. The molecule has 2 amide bonds. The van der Waals surface area contributed by atoms with Crippen molar-refractivity contribution in [2.45, 2.75) is 96.1 Å². The summed E-state index contributed by atoms with van der Waals surface area (Å²) in [5.74, 6) is 0.0725. The smallest absolute Gasteiger partial charge is 0.223 e. The number of hydrogen-bond donors (Lipinski definition) is 1. The fraction of sp³-hybridized carbons (Fsp3) is 0.885. The molecule has 0 radical (unpaired) electrons. The highest BCUT2D eigenvalue weighted by molar-refractivity contribution is 5.84. The van der Waals surface area contributed by atoms with Crippen LogP contribution in [0.1, 0.15) is 84.0 Å². The van der Waals surface area contributed by atoms with Crippen LogP contribution in [0.3, 0.4) is 0 Å². The minimum absolute atomic E-state index is 0.0222. The Hall–Kier alpha value is -1.65. The fourth-order valence-corrected chi connectivity index (χ4v) is 5.96. The molecule has 1 heterocycles. The van der Waals surface area contributed by atoms with Gasteiger partial charge in [0.1, 0.15) is 0 Å². The van der Waals surface area contributed by atoms with Gasteiger partial charge in [-0.05, 0) is 38.1 Å². The molecule has 3 fully saturated rings. The summed E-state index contributed by atoms with van der Waals surface area (Å²) in [6, 6.07) is 3.02. The van der Waals surface area contributed by atoms with Gasteiger partial charge >= 0.3 is 0 Å². The molecule has 0 bridgehead atoms. The first-order valence-electron chi connectivity index (χ1n) is 13.4. The summed E-state index contributed by atoms with van der Waals surface area (Å²) < 4.78 is 5.31. The van der Waals surface area contributed by atoms with Crippen molar-refractivity contribution in [3.63, 3.8) is 0 Å². The second-order valence-electron chi connectivity index (χ2n) is 10.1. The van der Waals surface area contributed by atoms with Crippen LogP contribution in [0.2, 0.25) is 0 Å². The molecule has 3 rings (SSSR count). The molecule has 0 spiro atoms. The van der Waals surface area contributed by atoms with E-state index in [0.29, 0.717) is 38.3 Å². The van der Waals surface area contributed by atoms with Crippen LogP contribution in [0.5, 0.6) is 0 Å². The van der Waals surface area contributed by atoms with E-state index in [2.05, 4.69) is 23.2 Å². The van der Waals surface area contributed by atoms with E-state index in [1.807, 2.05) is 0 Å². The van der Waals surface area contributed by atoms with E-state index in [9.17, 15) is 14.9 Å². The molecule has 2 aliphatic carbocycles. The van der Waals surface area contributed by atoms with Crippen molar-refractivity contribution >= 4 is 11.8 Å². The molecule has 0 aromatic heterocycles. The first-order valence-corrected chi connectivity index (χ1v) is 13.4. The van der Waals surface area contributed by atoms with Crippen molar-refractivity contribution in [2.75, 3.05) is 39.4 Å². The topological polar surface area (TPSA) is 85.7 Å². The van der Waals surface area contributed by atoms with Gasteiger partial charge in [-0.3, -0.25) is 14.5 Å². The van der Waals surface area contributed by atoms with Gasteiger partial charge in [-0.2, -0.15) is 5.26 Å². The molecule has 1 saturated heterocycles. The average Bonchev–Trinajstić information content (AvgIpc) is 2.88. The van der Waals surface area contributed by atoms with Crippen molar-refractivity contribution in [1.29, 1.82) is 5.26 Å². The lowest BCUT2D eigenvalue weighted by molar-refractivity contribution is -0.137. The summed E-state index contributed by atoms with van der Waals surface area (Å²) in [6.07, 6.45) is 12.5. The molecule has 1 aliphatic heterocycles. The van der Waals surface area contributed by atoms with Crippen LogP contribution in [0.4, 0.5) is 0 Å². The number of nitrogens with zero attached hydrogens (tertiary/aromatic N) is 3. The van der Waals surface area contributed by atoms with Crippen molar-refractivity contribution in [1.82, 2.24) is 15.1 Å². The average molecular weight is 461 g/mol. The first kappa shape index (κ1) is 26.0. The quantitative estimate of drug-likeness (QED) is 0.539. The molecule has 2 unspecified atom stereocenters.